The highest BCUT2D eigenvalue weighted by molar-refractivity contribution is 5.93. The topological polar surface area (TPSA) is 53.6 Å². The minimum absolute atomic E-state index is 0.204. The molecule has 1 aromatic carbocycles. The summed E-state index contributed by atoms with van der Waals surface area (Å²) in [7, 11) is 2.00. The van der Waals surface area contributed by atoms with E-state index in [1.165, 1.54) is 0 Å². The van der Waals surface area contributed by atoms with Gasteiger partial charge < -0.3 is 20.3 Å². The number of benzene rings is 1. The molecule has 0 saturated carbocycles. The van der Waals surface area contributed by atoms with Crippen LogP contribution in [0.1, 0.15) is 27.2 Å². The molecule has 0 aromatic heterocycles. The van der Waals surface area contributed by atoms with Gasteiger partial charge in [-0.05, 0) is 31.4 Å². The van der Waals surface area contributed by atoms with Gasteiger partial charge in [0.1, 0.15) is 0 Å². The number of rotatable bonds is 9. The van der Waals surface area contributed by atoms with Gasteiger partial charge >= 0.3 is 6.03 Å². The second-order valence-corrected chi connectivity index (χ2v) is 5.71. The molecule has 5 heteroatoms. The van der Waals surface area contributed by atoms with E-state index in [-0.39, 0.29) is 6.03 Å². The van der Waals surface area contributed by atoms with Crippen LogP contribution in [0.2, 0.25) is 0 Å². The van der Waals surface area contributed by atoms with E-state index in [1.54, 1.807) is 0 Å². The molecule has 0 aliphatic carbocycles. The van der Waals surface area contributed by atoms with Crippen LogP contribution < -0.4 is 15.5 Å². The van der Waals surface area contributed by atoms with Gasteiger partial charge in [0.05, 0.1) is 18.0 Å². The third-order valence-corrected chi connectivity index (χ3v) is 3.41. The Balaban J connectivity index is 2.33. The highest BCUT2D eigenvalue weighted by Gasteiger charge is 2.08. The number of hydrogen-bond acceptors (Lipinski definition) is 3. The standard InChI is InChI=1S/C17H29N3O2/c1-5-20(4)16-9-7-6-8-15(16)19-17(21)18-11-13-22-12-10-14(2)3/h6-9,14H,5,10-13H2,1-4H3,(H2,18,19,21). The molecule has 0 spiro atoms. The van der Waals surface area contributed by atoms with Crippen molar-refractivity contribution in [2.45, 2.75) is 27.2 Å². The first-order chi connectivity index (χ1) is 10.5. The molecule has 0 bridgehead atoms. The highest BCUT2D eigenvalue weighted by atomic mass is 16.5. The van der Waals surface area contributed by atoms with Crippen molar-refractivity contribution in [1.29, 1.82) is 0 Å². The molecule has 0 aliphatic rings. The van der Waals surface area contributed by atoms with Crippen LogP contribution in [0.4, 0.5) is 16.2 Å². The lowest BCUT2D eigenvalue weighted by molar-refractivity contribution is 0.126. The SMILES string of the molecule is CCN(C)c1ccccc1NC(=O)NCCOCCC(C)C. The highest BCUT2D eigenvalue weighted by Crippen LogP contribution is 2.23. The Bertz CT molecular complexity index is 449. The summed E-state index contributed by atoms with van der Waals surface area (Å²) in [6.45, 7) is 9.08. The van der Waals surface area contributed by atoms with Crippen LogP contribution in [0.25, 0.3) is 0 Å². The molecule has 0 heterocycles. The molecule has 22 heavy (non-hydrogen) atoms. The summed E-state index contributed by atoms with van der Waals surface area (Å²) in [6.07, 6.45) is 1.04. The Labute approximate surface area is 134 Å². The molecule has 5 nitrogen and oxygen atoms in total. The van der Waals surface area contributed by atoms with E-state index in [9.17, 15) is 4.79 Å². The van der Waals surface area contributed by atoms with Gasteiger partial charge in [0.2, 0.25) is 0 Å². The van der Waals surface area contributed by atoms with Crippen molar-refractivity contribution in [2.24, 2.45) is 5.92 Å². The minimum atomic E-state index is -0.204. The molecular weight excluding hydrogens is 278 g/mol. The molecule has 124 valence electrons. The maximum Gasteiger partial charge on any atom is 0.319 e. The van der Waals surface area contributed by atoms with Crippen molar-refractivity contribution < 1.29 is 9.53 Å². The van der Waals surface area contributed by atoms with E-state index in [4.69, 9.17) is 4.74 Å². The van der Waals surface area contributed by atoms with Crippen molar-refractivity contribution >= 4 is 17.4 Å². The smallest absolute Gasteiger partial charge is 0.319 e. The van der Waals surface area contributed by atoms with Gasteiger partial charge in [-0.3, -0.25) is 0 Å². The van der Waals surface area contributed by atoms with Gasteiger partial charge in [-0.1, -0.05) is 26.0 Å². The van der Waals surface area contributed by atoms with Crippen LogP contribution in [-0.2, 0) is 4.74 Å². The van der Waals surface area contributed by atoms with Crippen molar-refractivity contribution in [3.63, 3.8) is 0 Å². The second kappa shape index (κ2) is 10.1. The first-order valence-corrected chi connectivity index (χ1v) is 7.97. The second-order valence-electron chi connectivity index (χ2n) is 5.71. The van der Waals surface area contributed by atoms with Crippen LogP contribution in [0.3, 0.4) is 0 Å². The lowest BCUT2D eigenvalue weighted by Crippen LogP contribution is -2.32. The van der Waals surface area contributed by atoms with Crippen molar-refractivity contribution in [3.05, 3.63) is 24.3 Å². The number of nitrogens with zero attached hydrogens (tertiary/aromatic N) is 1. The molecule has 0 unspecified atom stereocenters. The molecule has 0 saturated heterocycles. The largest absolute Gasteiger partial charge is 0.380 e. The Hall–Kier alpha value is -1.75. The Morgan fingerprint density at radius 2 is 2.00 bits per heavy atom. The third-order valence-electron chi connectivity index (χ3n) is 3.41. The predicted octanol–water partition coefficient (Wildman–Crippen LogP) is 3.33. The first-order valence-electron chi connectivity index (χ1n) is 7.97. The average molecular weight is 307 g/mol. The van der Waals surface area contributed by atoms with Gasteiger partial charge in [-0.15, -0.1) is 0 Å². The molecule has 0 radical (unpaired) electrons. The van der Waals surface area contributed by atoms with E-state index >= 15 is 0 Å². The van der Waals surface area contributed by atoms with E-state index in [1.807, 2.05) is 31.3 Å². The zero-order valence-electron chi connectivity index (χ0n) is 14.2. The molecular formula is C17H29N3O2. The van der Waals surface area contributed by atoms with Crippen LogP contribution in [0.15, 0.2) is 24.3 Å². The van der Waals surface area contributed by atoms with Crippen LogP contribution in [0.5, 0.6) is 0 Å². The maximum atomic E-state index is 11.9. The summed E-state index contributed by atoms with van der Waals surface area (Å²) >= 11 is 0. The number of urea groups is 1. The van der Waals surface area contributed by atoms with Gasteiger partial charge in [0.25, 0.3) is 0 Å². The zero-order valence-corrected chi connectivity index (χ0v) is 14.2. The fourth-order valence-corrected chi connectivity index (χ4v) is 1.91. The van der Waals surface area contributed by atoms with Gasteiger partial charge in [-0.2, -0.15) is 0 Å². The lowest BCUT2D eigenvalue weighted by atomic mass is 10.1. The number of ether oxygens (including phenoxy) is 1. The molecule has 0 aliphatic heterocycles. The maximum absolute atomic E-state index is 11.9. The van der Waals surface area contributed by atoms with Crippen molar-refractivity contribution in [3.8, 4) is 0 Å². The minimum Gasteiger partial charge on any atom is -0.380 e. The first kappa shape index (κ1) is 18.3. The molecule has 0 atom stereocenters. The number of carbonyl (C=O) groups is 1. The summed E-state index contributed by atoms with van der Waals surface area (Å²) in [5, 5.41) is 5.70. The Morgan fingerprint density at radius 3 is 2.68 bits per heavy atom. The number of para-hydroxylation sites is 2. The van der Waals surface area contributed by atoms with Gasteiger partial charge in [-0.25, -0.2) is 4.79 Å². The monoisotopic (exact) mass is 307 g/mol. The summed E-state index contributed by atoms with van der Waals surface area (Å²) in [5.74, 6) is 0.642. The van der Waals surface area contributed by atoms with Crippen molar-refractivity contribution in [1.82, 2.24) is 5.32 Å². The summed E-state index contributed by atoms with van der Waals surface area (Å²) in [6, 6.07) is 7.57. The summed E-state index contributed by atoms with van der Waals surface area (Å²) in [4.78, 5) is 14.0. The number of anilines is 2. The fourth-order valence-electron chi connectivity index (χ4n) is 1.91. The molecule has 1 rings (SSSR count). The molecule has 0 fully saturated rings. The van der Waals surface area contributed by atoms with E-state index in [0.717, 1.165) is 30.9 Å². The number of carbonyl (C=O) groups excluding carboxylic acids is 1. The van der Waals surface area contributed by atoms with E-state index < -0.39 is 0 Å². The quantitative estimate of drug-likeness (QED) is 0.688. The fraction of sp³-hybridized carbons (Fsp3) is 0.588. The summed E-state index contributed by atoms with van der Waals surface area (Å²) in [5.41, 5.74) is 1.82. The Kier molecular flexibility index (Phi) is 8.36. The average Bonchev–Trinajstić information content (AvgIpc) is 2.50. The Morgan fingerprint density at radius 1 is 1.27 bits per heavy atom. The van der Waals surface area contributed by atoms with E-state index in [0.29, 0.717) is 19.1 Å². The van der Waals surface area contributed by atoms with Crippen LogP contribution in [-0.4, -0.2) is 39.4 Å². The van der Waals surface area contributed by atoms with Crippen LogP contribution >= 0.6 is 0 Å². The lowest BCUT2D eigenvalue weighted by Gasteiger charge is -2.20. The number of nitrogens with one attached hydrogen (secondary N) is 2. The van der Waals surface area contributed by atoms with Crippen molar-refractivity contribution in [2.75, 3.05) is 43.6 Å². The number of amides is 2. The van der Waals surface area contributed by atoms with Gasteiger partial charge in [0, 0.05) is 26.7 Å². The molecule has 2 N–H and O–H groups in total. The zero-order chi connectivity index (χ0) is 16.4. The molecule has 1 aromatic rings. The van der Waals surface area contributed by atoms with Crippen LogP contribution in [0, 0.1) is 5.92 Å². The summed E-state index contributed by atoms with van der Waals surface area (Å²) < 4.78 is 5.47. The normalized spacial score (nSPS) is 10.6. The van der Waals surface area contributed by atoms with E-state index in [2.05, 4.69) is 36.3 Å². The van der Waals surface area contributed by atoms with Gasteiger partial charge in [0.15, 0.2) is 0 Å². The molecule has 2 amide bonds. The number of hydrogen-bond donors (Lipinski definition) is 2. The third kappa shape index (κ3) is 6.80. The predicted molar refractivity (Wildman–Crippen MR) is 92.7 cm³/mol.